The Morgan fingerprint density at radius 2 is 1.79 bits per heavy atom. The third-order valence-electron chi connectivity index (χ3n) is 7.81. The number of anilines is 1. The van der Waals surface area contributed by atoms with E-state index in [1.54, 1.807) is 40.5 Å². The number of hydrogen-bond acceptors (Lipinski definition) is 7. The number of ether oxygens (including phenoxy) is 1. The minimum atomic E-state index is -4.02. The van der Waals surface area contributed by atoms with Crippen LogP contribution in [-0.4, -0.2) is 73.4 Å². The summed E-state index contributed by atoms with van der Waals surface area (Å²) in [4.78, 5) is 16.0. The van der Waals surface area contributed by atoms with Gasteiger partial charge >= 0.3 is 5.97 Å². The number of rotatable bonds is 10. The van der Waals surface area contributed by atoms with E-state index < -0.39 is 16.0 Å². The molecule has 5 N–H and O–H groups in total. The number of thiophene rings is 1. The lowest BCUT2D eigenvalue weighted by atomic mass is 9.99. The third kappa shape index (κ3) is 7.11. The summed E-state index contributed by atoms with van der Waals surface area (Å²) in [5, 5.41) is 27.4. The zero-order valence-corrected chi connectivity index (χ0v) is 25.4. The predicted molar refractivity (Wildman–Crippen MR) is 167 cm³/mol. The highest BCUT2D eigenvalue weighted by Gasteiger charge is 2.28. The second kappa shape index (κ2) is 13.0. The Morgan fingerprint density at radius 1 is 1.05 bits per heavy atom. The number of nitrogens with two attached hydrogens (primary N) is 1. The Hall–Kier alpha value is -4.10. The monoisotopic (exact) mass is 624 g/mol. The summed E-state index contributed by atoms with van der Waals surface area (Å²) in [5.41, 5.74) is 8.09. The minimum Gasteiger partial charge on any atom is -0.490 e. The van der Waals surface area contributed by atoms with Crippen molar-refractivity contribution < 1.29 is 23.1 Å². The van der Waals surface area contributed by atoms with E-state index in [0.717, 1.165) is 28.8 Å². The molecule has 3 heterocycles. The number of guanidine groups is 1. The van der Waals surface area contributed by atoms with Gasteiger partial charge in [0.25, 0.3) is 10.0 Å². The number of fused-ring (bicyclic) bond motifs is 1. The molecule has 2 aliphatic rings. The summed E-state index contributed by atoms with van der Waals surface area (Å²) >= 11 is 1.55. The molecule has 5 rings (SSSR count). The molecule has 228 valence electrons. The topological polar surface area (TPSA) is 164 Å². The highest BCUT2D eigenvalue weighted by molar-refractivity contribution is 7.92. The normalized spacial score (nSPS) is 15.5. The lowest BCUT2D eigenvalue weighted by Crippen LogP contribution is -2.41. The summed E-state index contributed by atoms with van der Waals surface area (Å²) in [7, 11) is -4.02. The quantitative estimate of drug-likeness (QED) is 0.195. The van der Waals surface area contributed by atoms with Crippen LogP contribution in [0.25, 0.3) is 0 Å². The second-order valence-corrected chi connectivity index (χ2v) is 13.5. The van der Waals surface area contributed by atoms with Crippen molar-refractivity contribution in [2.24, 2.45) is 5.73 Å². The molecule has 1 fully saturated rings. The molecule has 3 aromatic rings. The SMILES string of the molecule is N=C(N)N1CCc2ccc(N(CCCC(=O)O)S(=O)(=O)c3ccc(OC4CCN(C(=N)c5cccs5)CC4)cc3)cc2C1. The van der Waals surface area contributed by atoms with Crippen LogP contribution in [-0.2, 0) is 27.8 Å². The maximum atomic E-state index is 13.9. The molecule has 2 aromatic carbocycles. The number of carboxylic acids is 1. The number of carbonyl (C=O) groups is 1. The summed E-state index contributed by atoms with van der Waals surface area (Å²) < 4.78 is 35.2. The molecule has 0 aliphatic carbocycles. The van der Waals surface area contributed by atoms with Crippen molar-refractivity contribution >= 4 is 44.8 Å². The number of piperidine rings is 1. The van der Waals surface area contributed by atoms with E-state index in [-0.39, 0.29) is 36.3 Å². The molecular weight excluding hydrogens is 589 g/mol. The Bertz CT molecular complexity index is 1570. The maximum Gasteiger partial charge on any atom is 0.303 e. The van der Waals surface area contributed by atoms with Crippen LogP contribution in [0.5, 0.6) is 5.75 Å². The van der Waals surface area contributed by atoms with Crippen LogP contribution in [0.2, 0.25) is 0 Å². The van der Waals surface area contributed by atoms with Crippen molar-refractivity contribution in [3.8, 4) is 5.75 Å². The number of hydrogen-bond donors (Lipinski definition) is 4. The number of amidine groups is 1. The van der Waals surface area contributed by atoms with Gasteiger partial charge in [0.15, 0.2) is 5.96 Å². The zero-order valence-electron chi connectivity index (χ0n) is 23.7. The Balaban J connectivity index is 1.29. The maximum absolute atomic E-state index is 13.9. The third-order valence-corrected chi connectivity index (χ3v) is 10.5. The van der Waals surface area contributed by atoms with Crippen molar-refractivity contribution in [1.82, 2.24) is 9.80 Å². The van der Waals surface area contributed by atoms with E-state index >= 15 is 0 Å². The van der Waals surface area contributed by atoms with E-state index in [0.29, 0.717) is 49.9 Å². The number of sulfonamides is 1. The summed E-state index contributed by atoms with van der Waals surface area (Å²) in [6.45, 7) is 2.45. The van der Waals surface area contributed by atoms with Crippen LogP contribution in [0.4, 0.5) is 5.69 Å². The molecule has 0 bridgehead atoms. The lowest BCUT2D eigenvalue weighted by molar-refractivity contribution is -0.137. The van der Waals surface area contributed by atoms with Gasteiger partial charge in [-0.2, -0.15) is 0 Å². The average molecular weight is 625 g/mol. The largest absolute Gasteiger partial charge is 0.490 e. The van der Waals surface area contributed by atoms with Crippen molar-refractivity contribution in [2.45, 2.75) is 49.6 Å². The molecule has 13 heteroatoms. The molecule has 0 saturated carbocycles. The molecule has 0 atom stereocenters. The molecule has 1 aromatic heterocycles. The van der Waals surface area contributed by atoms with E-state index in [9.17, 15) is 18.3 Å². The standard InChI is InChI=1S/C30H36N6O5S2/c31-29(27-3-2-18-42-27)34-16-12-25(13-17-34)41-24-7-9-26(10-8-24)43(39,40)36(14-1-4-28(37)38)23-6-5-21-11-15-35(30(32)33)20-22(21)19-23/h2-3,5-10,18-19,25,31H,1,4,11-17,20H2,(H3,32,33)(H,37,38). The molecule has 11 nitrogen and oxygen atoms in total. The molecule has 0 amide bonds. The minimum absolute atomic E-state index is 0.00114. The number of carboxylic acid groups (broad SMARTS) is 1. The average Bonchev–Trinajstić information content (AvgIpc) is 3.54. The van der Waals surface area contributed by atoms with E-state index in [2.05, 4.69) is 4.90 Å². The fourth-order valence-electron chi connectivity index (χ4n) is 5.44. The highest BCUT2D eigenvalue weighted by atomic mass is 32.2. The number of nitrogens with zero attached hydrogens (tertiary/aromatic N) is 3. The van der Waals surface area contributed by atoms with Crippen LogP contribution in [0, 0.1) is 10.8 Å². The van der Waals surface area contributed by atoms with Crippen LogP contribution < -0.4 is 14.8 Å². The first kappa shape index (κ1) is 30.4. The van der Waals surface area contributed by atoms with E-state index in [1.165, 1.54) is 16.4 Å². The van der Waals surface area contributed by atoms with E-state index in [1.807, 2.05) is 23.6 Å². The number of nitrogens with one attached hydrogen (secondary N) is 2. The summed E-state index contributed by atoms with van der Waals surface area (Å²) in [6.07, 6.45) is 2.16. The zero-order chi connectivity index (χ0) is 30.6. The first-order chi connectivity index (χ1) is 20.6. The van der Waals surface area contributed by atoms with Gasteiger partial charge in [-0.25, -0.2) is 8.42 Å². The number of aliphatic carboxylic acids is 1. The smallest absolute Gasteiger partial charge is 0.303 e. The van der Waals surface area contributed by atoms with Gasteiger partial charge in [-0.15, -0.1) is 11.3 Å². The van der Waals surface area contributed by atoms with Crippen LogP contribution >= 0.6 is 11.3 Å². The Kier molecular flexibility index (Phi) is 9.21. The molecular formula is C30H36N6O5S2. The van der Waals surface area contributed by atoms with Gasteiger partial charge in [-0.1, -0.05) is 12.1 Å². The molecule has 0 radical (unpaired) electrons. The lowest BCUT2D eigenvalue weighted by Gasteiger charge is -2.33. The van der Waals surface area contributed by atoms with Crippen LogP contribution in [0.3, 0.4) is 0 Å². The first-order valence-corrected chi connectivity index (χ1v) is 16.5. The van der Waals surface area contributed by atoms with Gasteiger partial charge < -0.3 is 25.4 Å². The molecule has 43 heavy (non-hydrogen) atoms. The number of likely N-dealkylation sites (tertiary alicyclic amines) is 1. The van der Waals surface area contributed by atoms with Crippen molar-refractivity contribution in [3.05, 3.63) is 76.0 Å². The summed E-state index contributed by atoms with van der Waals surface area (Å²) in [6, 6.07) is 15.7. The molecule has 0 spiro atoms. The predicted octanol–water partition coefficient (Wildman–Crippen LogP) is 3.93. The fraction of sp³-hybridized carbons (Fsp3) is 0.367. The first-order valence-electron chi connectivity index (χ1n) is 14.2. The van der Waals surface area contributed by atoms with Gasteiger partial charge in [0, 0.05) is 52.0 Å². The highest BCUT2D eigenvalue weighted by Crippen LogP contribution is 2.30. The number of benzene rings is 2. The van der Waals surface area contributed by atoms with Crippen molar-refractivity contribution in [3.63, 3.8) is 0 Å². The van der Waals surface area contributed by atoms with Gasteiger partial charge in [0.2, 0.25) is 0 Å². The molecule has 2 aliphatic heterocycles. The summed E-state index contributed by atoms with van der Waals surface area (Å²) in [5.74, 6) is 0.0792. The van der Waals surface area contributed by atoms with Crippen molar-refractivity contribution in [2.75, 3.05) is 30.5 Å². The van der Waals surface area contributed by atoms with Gasteiger partial charge in [-0.3, -0.25) is 19.9 Å². The Morgan fingerprint density at radius 3 is 2.44 bits per heavy atom. The molecule has 1 saturated heterocycles. The second-order valence-electron chi connectivity index (χ2n) is 10.7. The van der Waals surface area contributed by atoms with Gasteiger partial charge in [-0.05, 0) is 71.8 Å². The van der Waals surface area contributed by atoms with Crippen LogP contribution in [0.1, 0.15) is 41.7 Å². The van der Waals surface area contributed by atoms with Crippen LogP contribution in [0.15, 0.2) is 64.9 Å². The fourth-order valence-corrected chi connectivity index (χ4v) is 7.64. The van der Waals surface area contributed by atoms with E-state index in [4.69, 9.17) is 21.3 Å². The Labute approximate surface area is 255 Å². The van der Waals surface area contributed by atoms with Crippen molar-refractivity contribution in [1.29, 1.82) is 10.8 Å². The van der Waals surface area contributed by atoms with Gasteiger partial charge in [0.05, 0.1) is 15.5 Å². The molecule has 0 unspecified atom stereocenters. The van der Waals surface area contributed by atoms with Gasteiger partial charge in [0.1, 0.15) is 17.7 Å².